The lowest BCUT2D eigenvalue weighted by molar-refractivity contribution is 0.340. The van der Waals surface area contributed by atoms with Crippen molar-refractivity contribution in [2.45, 2.75) is 6.42 Å². The second-order valence-corrected chi connectivity index (χ2v) is 10.0. The van der Waals surface area contributed by atoms with Gasteiger partial charge in [0.25, 0.3) is 0 Å². The standard InChI is InChI=1S/C17H14Br6O2/c18-1-3-24-16-12(20)6-10(7-13(16)21)5-11-8-14(22)17(15(23)9-11)25-4-2-19/h6-9H,1-5H2. The Hall–Kier alpha value is 0.920. The number of alkyl halides is 2. The van der Waals surface area contributed by atoms with Crippen LogP contribution in [-0.2, 0) is 6.42 Å². The third-order valence-electron chi connectivity index (χ3n) is 3.17. The van der Waals surface area contributed by atoms with Crippen LogP contribution in [-0.4, -0.2) is 23.9 Å². The number of benzene rings is 2. The summed E-state index contributed by atoms with van der Waals surface area (Å²) in [7, 11) is 0. The zero-order valence-electron chi connectivity index (χ0n) is 12.9. The van der Waals surface area contributed by atoms with Crippen LogP contribution in [0.25, 0.3) is 0 Å². The van der Waals surface area contributed by atoms with Gasteiger partial charge in [0.1, 0.15) is 11.5 Å². The Labute approximate surface area is 198 Å². The molecule has 0 aromatic heterocycles. The second kappa shape index (κ2) is 11.1. The first-order valence-electron chi connectivity index (χ1n) is 7.29. The molecular weight excluding hydrogens is 716 g/mol. The van der Waals surface area contributed by atoms with Crippen LogP contribution in [0.3, 0.4) is 0 Å². The minimum atomic E-state index is 0.617. The lowest BCUT2D eigenvalue weighted by Crippen LogP contribution is -2.01. The van der Waals surface area contributed by atoms with Gasteiger partial charge in [-0.05, 0) is 106 Å². The fourth-order valence-corrected chi connectivity index (χ4v) is 5.57. The van der Waals surface area contributed by atoms with E-state index in [0.29, 0.717) is 13.2 Å². The summed E-state index contributed by atoms with van der Waals surface area (Å²) in [5, 5.41) is 1.58. The average Bonchev–Trinajstić information content (AvgIpc) is 2.53. The molecule has 2 rings (SSSR count). The van der Waals surface area contributed by atoms with Gasteiger partial charge < -0.3 is 9.47 Å². The molecule has 0 fully saturated rings. The van der Waals surface area contributed by atoms with E-state index in [2.05, 4.69) is 120 Å². The van der Waals surface area contributed by atoms with Crippen LogP contribution in [0.1, 0.15) is 11.1 Å². The highest BCUT2D eigenvalue weighted by molar-refractivity contribution is 9.11. The first-order valence-corrected chi connectivity index (χ1v) is 12.7. The summed E-state index contributed by atoms with van der Waals surface area (Å²) in [5.74, 6) is 1.65. The van der Waals surface area contributed by atoms with Gasteiger partial charge in [-0.3, -0.25) is 0 Å². The molecule has 2 nitrogen and oxygen atoms in total. The van der Waals surface area contributed by atoms with Gasteiger partial charge in [0.05, 0.1) is 31.1 Å². The molecule has 0 amide bonds. The van der Waals surface area contributed by atoms with E-state index in [0.717, 1.165) is 46.5 Å². The lowest BCUT2D eigenvalue weighted by atomic mass is 10.0. The van der Waals surface area contributed by atoms with Crippen molar-refractivity contribution in [1.82, 2.24) is 0 Å². The van der Waals surface area contributed by atoms with Crippen molar-refractivity contribution < 1.29 is 9.47 Å². The normalized spacial score (nSPS) is 10.8. The third kappa shape index (κ3) is 6.49. The number of halogens is 6. The molecule has 0 saturated carbocycles. The van der Waals surface area contributed by atoms with E-state index in [9.17, 15) is 0 Å². The maximum Gasteiger partial charge on any atom is 0.147 e. The van der Waals surface area contributed by atoms with Crippen molar-refractivity contribution in [3.05, 3.63) is 53.3 Å². The molecule has 0 unspecified atom stereocenters. The van der Waals surface area contributed by atoms with E-state index in [-0.39, 0.29) is 0 Å². The Bertz CT molecular complexity index is 628. The molecule has 2 aromatic rings. The maximum atomic E-state index is 5.74. The second-order valence-electron chi connectivity index (χ2n) is 5.03. The SMILES string of the molecule is BrCCOc1c(Br)cc(Cc2cc(Br)c(OCCBr)c(Br)c2)cc1Br. The van der Waals surface area contributed by atoms with Crippen LogP contribution in [0.15, 0.2) is 42.2 Å². The Morgan fingerprint density at radius 1 is 0.600 bits per heavy atom. The van der Waals surface area contributed by atoms with Crippen LogP contribution in [0.5, 0.6) is 11.5 Å². The van der Waals surface area contributed by atoms with Gasteiger partial charge in [0.2, 0.25) is 0 Å². The topological polar surface area (TPSA) is 18.5 Å². The molecule has 0 aliphatic carbocycles. The number of hydrogen-bond acceptors (Lipinski definition) is 2. The molecule has 0 aliphatic rings. The van der Waals surface area contributed by atoms with E-state index in [1.165, 1.54) is 11.1 Å². The van der Waals surface area contributed by atoms with Gasteiger partial charge in [-0.1, -0.05) is 31.9 Å². The first-order chi connectivity index (χ1) is 12.0. The van der Waals surface area contributed by atoms with Crippen LogP contribution in [0, 0.1) is 0 Å². The fourth-order valence-electron chi connectivity index (χ4n) is 2.22. The summed E-state index contributed by atoms with van der Waals surface area (Å²) < 4.78 is 15.2. The van der Waals surface area contributed by atoms with Gasteiger partial charge in [-0.15, -0.1) is 0 Å². The van der Waals surface area contributed by atoms with E-state index in [1.54, 1.807) is 0 Å². The molecule has 0 radical (unpaired) electrons. The Balaban J connectivity index is 2.22. The minimum Gasteiger partial charge on any atom is -0.490 e. The molecule has 136 valence electrons. The Kier molecular flexibility index (Phi) is 9.82. The lowest BCUT2D eigenvalue weighted by Gasteiger charge is -2.13. The van der Waals surface area contributed by atoms with Crippen molar-refractivity contribution in [3.63, 3.8) is 0 Å². The summed E-state index contributed by atoms with van der Waals surface area (Å²) >= 11 is 21.1. The van der Waals surface area contributed by atoms with Gasteiger partial charge in [-0.25, -0.2) is 0 Å². The third-order valence-corrected chi connectivity index (χ3v) is 6.18. The Morgan fingerprint density at radius 3 is 1.20 bits per heavy atom. The monoisotopic (exact) mass is 724 g/mol. The van der Waals surface area contributed by atoms with Crippen LogP contribution < -0.4 is 9.47 Å². The van der Waals surface area contributed by atoms with Crippen molar-refractivity contribution >= 4 is 95.6 Å². The van der Waals surface area contributed by atoms with Crippen molar-refractivity contribution in [3.8, 4) is 11.5 Å². The summed E-state index contributed by atoms with van der Waals surface area (Å²) in [6, 6.07) is 8.35. The summed E-state index contributed by atoms with van der Waals surface area (Å²) in [6.07, 6.45) is 0.797. The molecule has 2 aromatic carbocycles. The van der Waals surface area contributed by atoms with Gasteiger partial charge in [0, 0.05) is 10.7 Å². The summed E-state index contributed by atoms with van der Waals surface area (Å²) in [6.45, 7) is 1.23. The van der Waals surface area contributed by atoms with E-state index < -0.39 is 0 Å². The molecule has 0 bridgehead atoms. The molecule has 0 heterocycles. The molecular formula is C17H14Br6O2. The maximum absolute atomic E-state index is 5.74. The molecule has 0 spiro atoms. The van der Waals surface area contributed by atoms with Crippen LogP contribution >= 0.6 is 95.6 Å². The number of hydrogen-bond donors (Lipinski definition) is 0. The highest BCUT2D eigenvalue weighted by Gasteiger charge is 2.12. The number of rotatable bonds is 8. The molecule has 0 aliphatic heterocycles. The summed E-state index contributed by atoms with van der Waals surface area (Å²) in [4.78, 5) is 0. The highest BCUT2D eigenvalue weighted by atomic mass is 79.9. The first kappa shape index (κ1) is 22.2. The van der Waals surface area contributed by atoms with Gasteiger partial charge >= 0.3 is 0 Å². The molecule has 0 N–H and O–H groups in total. The zero-order chi connectivity index (χ0) is 18.4. The van der Waals surface area contributed by atoms with Gasteiger partial charge in [0.15, 0.2) is 0 Å². The smallest absolute Gasteiger partial charge is 0.147 e. The fraction of sp³-hybridized carbons (Fsp3) is 0.294. The van der Waals surface area contributed by atoms with Crippen molar-refractivity contribution in [2.75, 3.05) is 23.9 Å². The largest absolute Gasteiger partial charge is 0.490 e. The molecule has 8 heteroatoms. The predicted octanol–water partition coefficient (Wildman–Crippen LogP) is 7.87. The average molecular weight is 730 g/mol. The highest BCUT2D eigenvalue weighted by Crippen LogP contribution is 2.38. The number of ether oxygens (including phenoxy) is 2. The van der Waals surface area contributed by atoms with Crippen LogP contribution in [0.4, 0.5) is 0 Å². The van der Waals surface area contributed by atoms with E-state index in [4.69, 9.17) is 9.47 Å². The molecule has 0 saturated heterocycles. The predicted molar refractivity (Wildman–Crippen MR) is 125 cm³/mol. The van der Waals surface area contributed by atoms with E-state index in [1.807, 2.05) is 0 Å². The zero-order valence-corrected chi connectivity index (χ0v) is 22.4. The quantitative estimate of drug-likeness (QED) is 0.258. The van der Waals surface area contributed by atoms with Crippen molar-refractivity contribution in [1.29, 1.82) is 0 Å². The van der Waals surface area contributed by atoms with E-state index >= 15 is 0 Å². The van der Waals surface area contributed by atoms with Crippen molar-refractivity contribution in [2.24, 2.45) is 0 Å². The molecule has 25 heavy (non-hydrogen) atoms. The molecule has 0 atom stereocenters. The van der Waals surface area contributed by atoms with Gasteiger partial charge in [-0.2, -0.15) is 0 Å². The Morgan fingerprint density at radius 2 is 0.920 bits per heavy atom. The summed E-state index contributed by atoms with van der Waals surface area (Å²) in [5.41, 5.74) is 2.36. The minimum absolute atomic E-state index is 0.617. The van der Waals surface area contributed by atoms with Crippen LogP contribution in [0.2, 0.25) is 0 Å².